The summed E-state index contributed by atoms with van der Waals surface area (Å²) in [4.78, 5) is 10.4. The highest BCUT2D eigenvalue weighted by molar-refractivity contribution is 6.37. The van der Waals surface area contributed by atoms with Crippen molar-refractivity contribution >= 4 is 86.4 Å². The molecule has 0 aliphatic heterocycles. The highest BCUT2D eigenvalue weighted by Gasteiger charge is 2.18. The van der Waals surface area contributed by atoms with E-state index in [0.29, 0.717) is 5.82 Å². The molecule has 0 N–H and O–H groups in total. The fourth-order valence-electron chi connectivity index (χ4n) is 9.87. The van der Waals surface area contributed by atoms with Gasteiger partial charge in [0.25, 0.3) is 0 Å². The Morgan fingerprint density at radius 3 is 1.39 bits per heavy atom. The summed E-state index contributed by atoms with van der Waals surface area (Å²) in [5, 5.41) is 17.8. The number of benzene rings is 10. The summed E-state index contributed by atoms with van der Waals surface area (Å²) >= 11 is 0. The van der Waals surface area contributed by atoms with Crippen molar-refractivity contribution < 1.29 is 0 Å². The minimum Gasteiger partial charge on any atom is -0.294 e. The molecule has 0 saturated carbocycles. The molecule has 3 nitrogen and oxygen atoms in total. The molecule has 3 heteroatoms. The van der Waals surface area contributed by atoms with Gasteiger partial charge >= 0.3 is 0 Å². The number of hydrogen-bond donors (Lipinski definition) is 0. The largest absolute Gasteiger partial charge is 0.294 e. The van der Waals surface area contributed by atoms with E-state index in [1.165, 1.54) is 81.0 Å². The summed E-state index contributed by atoms with van der Waals surface area (Å²) in [6.07, 6.45) is 0. The topological polar surface area (TPSA) is 30.7 Å². The van der Waals surface area contributed by atoms with Gasteiger partial charge in [0.1, 0.15) is 5.82 Å². The molecule has 272 valence electrons. The third kappa shape index (κ3) is 4.76. The zero-order chi connectivity index (χ0) is 38.6. The first-order valence-electron chi connectivity index (χ1n) is 20.2. The molecule has 0 spiro atoms. The normalized spacial score (nSPS) is 12.1. The molecule has 2 heterocycles. The first-order chi connectivity index (χ1) is 29.2. The van der Waals surface area contributed by atoms with Gasteiger partial charge in [-0.2, -0.15) is 0 Å². The molecular formula is C56H33N3. The number of para-hydroxylation sites is 2. The number of fused-ring (bicyclic) bond motifs is 5. The standard InChI is InChI=1S/C56H33N3/c1-2-11-39(12-3-1)56-57-48(33-51(58-56)59-49-21-6-4-16-42(49)43-17-5-7-22-50(43)59)35-25-23-34(24-26-35)41-31-40-30-29-38-14-9-19-45-44-18-8-13-36-27-28-37-15-10-20-46(54(37)52(36)44)47(32-41)55(40)53(38)45/h1-33H. The van der Waals surface area contributed by atoms with Gasteiger partial charge in [-0.05, 0) is 100 Å². The maximum absolute atomic E-state index is 5.22. The van der Waals surface area contributed by atoms with Gasteiger partial charge in [-0.25, -0.2) is 9.97 Å². The minimum atomic E-state index is 0.696. The van der Waals surface area contributed by atoms with Crippen molar-refractivity contribution in [2.75, 3.05) is 0 Å². The van der Waals surface area contributed by atoms with Gasteiger partial charge in [0.15, 0.2) is 5.82 Å². The first-order valence-corrected chi connectivity index (χ1v) is 20.2. The van der Waals surface area contributed by atoms with Crippen molar-refractivity contribution in [2.24, 2.45) is 0 Å². The Labute approximate surface area is 339 Å². The van der Waals surface area contributed by atoms with Crippen molar-refractivity contribution in [2.45, 2.75) is 0 Å². The molecule has 0 aliphatic carbocycles. The Morgan fingerprint density at radius 2 is 0.780 bits per heavy atom. The molecule has 0 atom stereocenters. The van der Waals surface area contributed by atoms with Crippen molar-refractivity contribution in [1.29, 1.82) is 0 Å². The molecule has 0 amide bonds. The lowest BCUT2D eigenvalue weighted by atomic mass is 9.86. The van der Waals surface area contributed by atoms with Gasteiger partial charge in [-0.1, -0.05) is 170 Å². The van der Waals surface area contributed by atoms with Crippen LogP contribution in [0.4, 0.5) is 0 Å². The maximum atomic E-state index is 5.22. The van der Waals surface area contributed by atoms with Crippen LogP contribution in [0.25, 0.3) is 126 Å². The van der Waals surface area contributed by atoms with E-state index < -0.39 is 0 Å². The van der Waals surface area contributed by atoms with Crippen LogP contribution >= 0.6 is 0 Å². The zero-order valence-corrected chi connectivity index (χ0v) is 31.9. The number of rotatable bonds is 4. The monoisotopic (exact) mass is 747 g/mol. The van der Waals surface area contributed by atoms with Crippen molar-refractivity contribution in [3.8, 4) is 39.6 Å². The Bertz CT molecular complexity index is 3760. The SMILES string of the molecule is c1ccc(-c2nc(-c3ccc(-c4cc5ccc6cccc7c8cccc9ccc%10cccc(c(c4)c5c67)c%10c98)cc3)cc(-n3c4ccccc4c4ccccc43)n2)cc1. The van der Waals surface area contributed by atoms with Gasteiger partial charge in [-0.15, -0.1) is 0 Å². The van der Waals surface area contributed by atoms with Crippen molar-refractivity contribution in [3.63, 3.8) is 0 Å². The van der Waals surface area contributed by atoms with E-state index in [2.05, 4.69) is 187 Å². The van der Waals surface area contributed by atoms with E-state index in [4.69, 9.17) is 9.97 Å². The average Bonchev–Trinajstić information content (AvgIpc) is 3.64. The molecule has 0 fully saturated rings. The minimum absolute atomic E-state index is 0.696. The Hall–Kier alpha value is -7.88. The third-order valence-corrected chi connectivity index (χ3v) is 12.5. The lowest BCUT2D eigenvalue weighted by Crippen LogP contribution is -2.02. The van der Waals surface area contributed by atoms with Crippen LogP contribution in [-0.4, -0.2) is 14.5 Å². The lowest BCUT2D eigenvalue weighted by molar-refractivity contribution is 1.05. The molecule has 59 heavy (non-hydrogen) atoms. The van der Waals surface area contributed by atoms with Gasteiger partial charge in [-0.3, -0.25) is 4.57 Å². The van der Waals surface area contributed by atoms with E-state index in [1.807, 2.05) is 18.2 Å². The van der Waals surface area contributed by atoms with Crippen LogP contribution in [0.3, 0.4) is 0 Å². The lowest BCUT2D eigenvalue weighted by Gasteiger charge is -2.17. The van der Waals surface area contributed by atoms with E-state index >= 15 is 0 Å². The molecule has 0 unspecified atom stereocenters. The van der Waals surface area contributed by atoms with E-state index in [9.17, 15) is 0 Å². The molecule has 2 aromatic heterocycles. The molecular weight excluding hydrogens is 715 g/mol. The van der Waals surface area contributed by atoms with E-state index in [1.54, 1.807) is 0 Å². The third-order valence-electron chi connectivity index (χ3n) is 12.5. The van der Waals surface area contributed by atoms with E-state index in [-0.39, 0.29) is 0 Å². The number of nitrogens with zero attached hydrogens (tertiary/aromatic N) is 3. The van der Waals surface area contributed by atoms with Crippen LogP contribution in [0.2, 0.25) is 0 Å². The van der Waals surface area contributed by atoms with Crippen LogP contribution in [0.1, 0.15) is 0 Å². The van der Waals surface area contributed by atoms with Gasteiger partial charge in [0, 0.05) is 28.0 Å². The summed E-state index contributed by atoms with van der Waals surface area (Å²) in [6, 6.07) is 72.8. The van der Waals surface area contributed by atoms with Crippen LogP contribution in [0, 0.1) is 0 Å². The number of aromatic nitrogens is 3. The predicted molar refractivity (Wildman–Crippen MR) is 249 cm³/mol. The van der Waals surface area contributed by atoms with Crippen LogP contribution in [-0.2, 0) is 0 Å². The van der Waals surface area contributed by atoms with E-state index in [0.717, 1.165) is 39.2 Å². The Balaban J connectivity index is 1.03. The van der Waals surface area contributed by atoms with Gasteiger partial charge in [0.05, 0.1) is 16.7 Å². The maximum Gasteiger partial charge on any atom is 0.162 e. The quantitative estimate of drug-likeness (QED) is 0.168. The Morgan fingerprint density at radius 1 is 0.288 bits per heavy atom. The fraction of sp³-hybridized carbons (Fsp3) is 0. The van der Waals surface area contributed by atoms with Gasteiger partial charge in [0.2, 0.25) is 0 Å². The van der Waals surface area contributed by atoms with Crippen molar-refractivity contribution in [1.82, 2.24) is 14.5 Å². The van der Waals surface area contributed by atoms with Gasteiger partial charge < -0.3 is 0 Å². The van der Waals surface area contributed by atoms with Crippen LogP contribution in [0.5, 0.6) is 0 Å². The smallest absolute Gasteiger partial charge is 0.162 e. The first kappa shape index (κ1) is 32.2. The van der Waals surface area contributed by atoms with Crippen LogP contribution in [0.15, 0.2) is 200 Å². The highest BCUT2D eigenvalue weighted by atomic mass is 15.1. The molecule has 13 rings (SSSR count). The summed E-state index contributed by atoms with van der Waals surface area (Å²) in [5.74, 6) is 1.54. The van der Waals surface area contributed by atoms with Crippen molar-refractivity contribution in [3.05, 3.63) is 200 Å². The molecule has 0 saturated heterocycles. The summed E-state index contributed by atoms with van der Waals surface area (Å²) in [6.45, 7) is 0. The molecule has 0 radical (unpaired) electrons. The second-order valence-electron chi connectivity index (χ2n) is 15.7. The molecule has 0 aliphatic rings. The molecule has 11 aromatic carbocycles. The zero-order valence-electron chi connectivity index (χ0n) is 31.9. The second kappa shape index (κ2) is 12.3. The summed E-state index contributed by atoms with van der Waals surface area (Å²) in [5.41, 5.74) is 7.48. The highest BCUT2D eigenvalue weighted by Crippen LogP contribution is 2.44. The molecule has 0 bridgehead atoms. The summed E-state index contributed by atoms with van der Waals surface area (Å²) < 4.78 is 2.27. The fourth-order valence-corrected chi connectivity index (χ4v) is 9.87. The Kier molecular flexibility index (Phi) is 6.72. The predicted octanol–water partition coefficient (Wildman–Crippen LogP) is 14.9. The van der Waals surface area contributed by atoms with Crippen LogP contribution < -0.4 is 0 Å². The number of hydrogen-bond acceptors (Lipinski definition) is 2. The molecule has 13 aromatic rings. The average molecular weight is 748 g/mol. The summed E-state index contributed by atoms with van der Waals surface area (Å²) in [7, 11) is 0. The second-order valence-corrected chi connectivity index (χ2v) is 15.7.